The number of carbonyl (C=O) groups excluding carboxylic acids is 2. The van der Waals surface area contributed by atoms with E-state index in [2.05, 4.69) is 15.3 Å². The summed E-state index contributed by atoms with van der Waals surface area (Å²) < 4.78 is 0. The molecular weight excluding hydrogens is 320 g/mol. The number of aliphatic hydroxyl groups is 1. The summed E-state index contributed by atoms with van der Waals surface area (Å²) >= 11 is 0. The van der Waals surface area contributed by atoms with Gasteiger partial charge in [-0.2, -0.15) is 0 Å². The van der Waals surface area contributed by atoms with E-state index in [9.17, 15) is 9.59 Å². The summed E-state index contributed by atoms with van der Waals surface area (Å²) in [6.45, 7) is 3.53. The number of carbonyl (C=O) groups is 2. The Labute approximate surface area is 143 Å². The number of aromatic nitrogens is 2. The third-order valence-corrected chi connectivity index (χ3v) is 4.44. The van der Waals surface area contributed by atoms with E-state index in [0.717, 1.165) is 5.39 Å². The molecule has 1 unspecified atom stereocenters. The number of H-pyrrole nitrogens is 1. The van der Waals surface area contributed by atoms with Gasteiger partial charge in [-0.25, -0.2) is 0 Å². The van der Waals surface area contributed by atoms with Gasteiger partial charge in [0.05, 0.1) is 34.4 Å². The number of benzene rings is 1. The fraction of sp³-hybridized carbons (Fsp3) is 0.333. The molecule has 0 aliphatic rings. The number of pyridine rings is 1. The highest BCUT2D eigenvalue weighted by Crippen LogP contribution is 2.29. The number of aromatic amines is 1. The number of aliphatic hydroxyl groups excluding tert-OH is 1. The van der Waals surface area contributed by atoms with Gasteiger partial charge in [0.15, 0.2) is 5.78 Å². The van der Waals surface area contributed by atoms with Gasteiger partial charge in [-0.3, -0.25) is 20.0 Å². The van der Waals surface area contributed by atoms with Crippen molar-refractivity contribution >= 4 is 39.2 Å². The molecule has 0 saturated carbocycles. The number of anilines is 1. The van der Waals surface area contributed by atoms with Crippen molar-refractivity contribution in [3.63, 3.8) is 0 Å². The van der Waals surface area contributed by atoms with Gasteiger partial charge in [0.1, 0.15) is 0 Å². The van der Waals surface area contributed by atoms with Crippen LogP contribution >= 0.6 is 0 Å². The van der Waals surface area contributed by atoms with Gasteiger partial charge in [-0.15, -0.1) is 0 Å². The van der Waals surface area contributed by atoms with Crippen molar-refractivity contribution in [1.29, 1.82) is 5.41 Å². The zero-order valence-electron chi connectivity index (χ0n) is 14.1. The van der Waals surface area contributed by atoms with Crippen molar-refractivity contribution in [3.8, 4) is 0 Å². The van der Waals surface area contributed by atoms with Gasteiger partial charge in [0.25, 0.3) is 0 Å². The molecule has 1 aromatic carbocycles. The number of rotatable bonds is 6. The molecule has 2 aromatic heterocycles. The van der Waals surface area contributed by atoms with E-state index in [1.54, 1.807) is 18.3 Å². The summed E-state index contributed by atoms with van der Waals surface area (Å²) in [6.07, 6.45) is 2.32. The van der Waals surface area contributed by atoms with Crippen LogP contribution in [-0.4, -0.2) is 33.4 Å². The number of amides is 1. The molecule has 0 aliphatic carbocycles. The Hall–Kier alpha value is -2.80. The van der Waals surface area contributed by atoms with Crippen LogP contribution in [0.5, 0.6) is 0 Å². The first-order valence-corrected chi connectivity index (χ1v) is 8.23. The standard InChI is InChI=1S/C18H20N4O3/c1-3-9(2)18(25)22-13-7-11(19)16-15-10(8-20-16)6-12(21-17(13)15)14(24)4-5-23/h6-9,19,21,23H,3-5H2,1-2H3,(H,22,25). The summed E-state index contributed by atoms with van der Waals surface area (Å²) in [4.78, 5) is 31.8. The number of ketones is 1. The van der Waals surface area contributed by atoms with Crippen LogP contribution in [0.15, 0.2) is 18.3 Å². The molecule has 0 radical (unpaired) electrons. The van der Waals surface area contributed by atoms with Crippen LogP contribution in [0, 0.1) is 11.3 Å². The van der Waals surface area contributed by atoms with E-state index in [-0.39, 0.29) is 36.0 Å². The molecule has 4 N–H and O–H groups in total. The Morgan fingerprint density at radius 1 is 1.40 bits per heavy atom. The van der Waals surface area contributed by atoms with Crippen LogP contribution in [-0.2, 0) is 4.79 Å². The lowest BCUT2D eigenvalue weighted by Gasteiger charge is -2.13. The lowest BCUT2D eigenvalue weighted by atomic mass is 10.1. The van der Waals surface area contributed by atoms with Crippen LogP contribution in [0.2, 0.25) is 0 Å². The van der Waals surface area contributed by atoms with Crippen molar-refractivity contribution in [2.24, 2.45) is 5.92 Å². The molecule has 1 amide bonds. The monoisotopic (exact) mass is 340 g/mol. The van der Waals surface area contributed by atoms with E-state index in [1.807, 2.05) is 13.8 Å². The Bertz CT molecular complexity index is 1010. The maximum Gasteiger partial charge on any atom is 0.227 e. The lowest BCUT2D eigenvalue weighted by molar-refractivity contribution is -0.119. The molecule has 0 bridgehead atoms. The summed E-state index contributed by atoms with van der Waals surface area (Å²) in [5.41, 5.74) is 1.88. The Kier molecular flexibility index (Phi) is 4.50. The topological polar surface area (TPSA) is 119 Å². The maximum absolute atomic E-state index is 12.3. The second kappa shape index (κ2) is 6.60. The lowest BCUT2D eigenvalue weighted by Crippen LogP contribution is -2.21. The van der Waals surface area contributed by atoms with Crippen LogP contribution in [0.3, 0.4) is 0 Å². The van der Waals surface area contributed by atoms with Gasteiger partial charge in [-0.05, 0) is 18.6 Å². The molecule has 1 atom stereocenters. The van der Waals surface area contributed by atoms with E-state index < -0.39 is 0 Å². The first-order chi connectivity index (χ1) is 12.0. The zero-order valence-corrected chi connectivity index (χ0v) is 14.1. The van der Waals surface area contributed by atoms with Crippen molar-refractivity contribution in [1.82, 2.24) is 9.97 Å². The number of nitrogens with one attached hydrogen (secondary N) is 3. The zero-order chi connectivity index (χ0) is 18.1. The summed E-state index contributed by atoms with van der Waals surface area (Å²) in [5, 5.41) is 21.7. The second-order valence-electron chi connectivity index (χ2n) is 6.16. The van der Waals surface area contributed by atoms with Gasteiger partial charge in [0, 0.05) is 29.3 Å². The number of hydrogen-bond donors (Lipinski definition) is 4. The van der Waals surface area contributed by atoms with E-state index in [4.69, 9.17) is 10.5 Å². The molecule has 7 nitrogen and oxygen atoms in total. The molecule has 3 rings (SSSR count). The van der Waals surface area contributed by atoms with Crippen molar-refractivity contribution in [3.05, 3.63) is 29.4 Å². The van der Waals surface area contributed by atoms with Gasteiger partial charge >= 0.3 is 0 Å². The first-order valence-electron chi connectivity index (χ1n) is 8.23. The first kappa shape index (κ1) is 17.0. The number of Topliss-reactive ketones (excluding diaryl/α,β-unsaturated/α-hetero) is 1. The highest BCUT2D eigenvalue weighted by atomic mass is 16.3. The maximum atomic E-state index is 12.3. The molecule has 0 spiro atoms. The quantitative estimate of drug-likeness (QED) is 0.514. The number of hydrogen-bond acceptors (Lipinski definition) is 5. The van der Waals surface area contributed by atoms with Crippen LogP contribution in [0.25, 0.3) is 21.8 Å². The van der Waals surface area contributed by atoms with Crippen molar-refractivity contribution < 1.29 is 14.7 Å². The minimum Gasteiger partial charge on any atom is -0.396 e. The smallest absolute Gasteiger partial charge is 0.227 e. The van der Waals surface area contributed by atoms with Crippen molar-refractivity contribution in [2.45, 2.75) is 26.7 Å². The van der Waals surface area contributed by atoms with E-state index in [0.29, 0.717) is 34.2 Å². The minimum atomic E-state index is -0.233. The second-order valence-corrected chi connectivity index (χ2v) is 6.16. The molecule has 0 fully saturated rings. The summed E-state index contributed by atoms with van der Waals surface area (Å²) in [5.74, 6) is -0.529. The molecule has 130 valence electrons. The average Bonchev–Trinajstić information content (AvgIpc) is 3.03. The molecule has 0 saturated heterocycles. The van der Waals surface area contributed by atoms with Gasteiger partial charge < -0.3 is 15.4 Å². The average molecular weight is 340 g/mol. The summed E-state index contributed by atoms with van der Waals surface area (Å²) in [6, 6.07) is 3.21. The third-order valence-electron chi connectivity index (χ3n) is 4.44. The van der Waals surface area contributed by atoms with Gasteiger partial charge in [-0.1, -0.05) is 13.8 Å². The fourth-order valence-electron chi connectivity index (χ4n) is 2.78. The fourth-order valence-corrected chi connectivity index (χ4v) is 2.78. The summed E-state index contributed by atoms with van der Waals surface area (Å²) in [7, 11) is 0. The Morgan fingerprint density at radius 3 is 2.84 bits per heavy atom. The molecule has 25 heavy (non-hydrogen) atoms. The van der Waals surface area contributed by atoms with E-state index in [1.165, 1.54) is 0 Å². The van der Waals surface area contributed by atoms with Crippen LogP contribution in [0.4, 0.5) is 5.69 Å². The Morgan fingerprint density at radius 2 is 2.16 bits per heavy atom. The largest absolute Gasteiger partial charge is 0.396 e. The Balaban J connectivity index is 2.20. The normalized spacial score (nSPS) is 12.6. The van der Waals surface area contributed by atoms with Crippen molar-refractivity contribution in [2.75, 3.05) is 11.9 Å². The molecule has 3 aromatic rings. The third kappa shape index (κ3) is 2.98. The SMILES string of the molecule is CCC(C)C(=O)Nc1cc(=N)c2ncc3cc(C(=O)CCO)[nH]c1c32. The highest BCUT2D eigenvalue weighted by molar-refractivity contribution is 6.15. The molecule has 7 heteroatoms. The van der Waals surface area contributed by atoms with Crippen LogP contribution < -0.4 is 10.7 Å². The molecule has 2 heterocycles. The predicted molar refractivity (Wildman–Crippen MR) is 94.8 cm³/mol. The van der Waals surface area contributed by atoms with Gasteiger partial charge in [0.2, 0.25) is 5.91 Å². The predicted octanol–water partition coefficient (Wildman–Crippen LogP) is 2.18. The highest BCUT2D eigenvalue weighted by Gasteiger charge is 2.18. The van der Waals surface area contributed by atoms with E-state index >= 15 is 0 Å². The molecular formula is C18H20N4O3. The molecule has 0 aliphatic heterocycles. The number of nitrogens with zero attached hydrogens (tertiary/aromatic N) is 1. The van der Waals surface area contributed by atoms with Crippen LogP contribution in [0.1, 0.15) is 37.2 Å². The minimum absolute atomic E-state index is 0.0105.